The second-order valence-electron chi connectivity index (χ2n) is 9.48. The van der Waals surface area contributed by atoms with Crippen LogP contribution in [0.25, 0.3) is 11.1 Å². The predicted molar refractivity (Wildman–Crippen MR) is 165 cm³/mol. The van der Waals surface area contributed by atoms with Crippen molar-refractivity contribution in [3.63, 3.8) is 0 Å². The van der Waals surface area contributed by atoms with E-state index in [0.717, 1.165) is 22.7 Å². The van der Waals surface area contributed by atoms with E-state index in [4.69, 9.17) is 0 Å². The Balaban J connectivity index is 1.37. The minimum absolute atomic E-state index is 1.14. The first-order valence-electron chi connectivity index (χ1n) is 13.1. The molecule has 0 atom stereocenters. The molecule has 186 valence electrons. The van der Waals surface area contributed by atoms with Gasteiger partial charge in [0.25, 0.3) is 0 Å². The molecule has 0 unspecified atom stereocenters. The zero-order valence-corrected chi connectivity index (χ0v) is 22.1. The Bertz CT molecular complexity index is 1690. The summed E-state index contributed by atoms with van der Waals surface area (Å²) in [4.78, 5) is 7.19. The van der Waals surface area contributed by atoms with Crippen LogP contribution in [0.15, 0.2) is 168 Å². The third kappa shape index (κ3) is 4.47. The van der Waals surface area contributed by atoms with Crippen LogP contribution >= 0.6 is 11.8 Å². The van der Waals surface area contributed by atoms with Crippen molar-refractivity contribution in [2.75, 3.05) is 9.80 Å². The van der Waals surface area contributed by atoms with E-state index < -0.39 is 0 Å². The van der Waals surface area contributed by atoms with Crippen molar-refractivity contribution < 1.29 is 0 Å². The standard InChI is InChI=1S/C36H26N2S/c1-4-13-27(14-5-1)28-15-12-20-31(25-28)38-33-21-10-11-22-35(33)39-36-26-32(23-24-34(36)38)37(29-16-6-2-7-17-29)30-18-8-3-9-19-30/h1-26H. The molecule has 7 rings (SSSR count). The molecule has 0 saturated carbocycles. The summed E-state index contributed by atoms with van der Waals surface area (Å²) in [6, 6.07) is 56.1. The summed E-state index contributed by atoms with van der Waals surface area (Å²) >= 11 is 1.84. The summed E-state index contributed by atoms with van der Waals surface area (Å²) in [6.45, 7) is 0. The average molecular weight is 519 g/mol. The number of hydrogen-bond donors (Lipinski definition) is 0. The van der Waals surface area contributed by atoms with Gasteiger partial charge in [-0.1, -0.05) is 103 Å². The molecule has 1 heterocycles. The molecule has 39 heavy (non-hydrogen) atoms. The molecular formula is C36H26N2S. The molecule has 0 aromatic heterocycles. The van der Waals surface area contributed by atoms with E-state index >= 15 is 0 Å². The van der Waals surface area contributed by atoms with E-state index in [1.54, 1.807) is 0 Å². The number of fused-ring (bicyclic) bond motifs is 2. The van der Waals surface area contributed by atoms with Gasteiger partial charge in [0.1, 0.15) is 0 Å². The first kappa shape index (κ1) is 23.4. The molecule has 0 saturated heterocycles. The van der Waals surface area contributed by atoms with E-state index in [2.05, 4.69) is 168 Å². The molecule has 0 spiro atoms. The van der Waals surface area contributed by atoms with E-state index in [-0.39, 0.29) is 0 Å². The maximum atomic E-state index is 2.40. The highest BCUT2D eigenvalue weighted by molar-refractivity contribution is 7.99. The Morgan fingerprint density at radius 2 is 1.00 bits per heavy atom. The molecule has 1 aliphatic rings. The molecule has 0 fully saturated rings. The second-order valence-corrected chi connectivity index (χ2v) is 10.6. The van der Waals surface area contributed by atoms with Crippen molar-refractivity contribution in [2.45, 2.75) is 9.79 Å². The molecule has 3 heteroatoms. The van der Waals surface area contributed by atoms with Gasteiger partial charge in [0, 0.05) is 32.5 Å². The van der Waals surface area contributed by atoms with Gasteiger partial charge in [0.2, 0.25) is 0 Å². The Labute approximate surface area is 233 Å². The number of nitrogens with zero attached hydrogens (tertiary/aromatic N) is 2. The van der Waals surface area contributed by atoms with Gasteiger partial charge in [-0.2, -0.15) is 0 Å². The van der Waals surface area contributed by atoms with Crippen LogP contribution in [0.2, 0.25) is 0 Å². The van der Waals surface area contributed by atoms with Crippen LogP contribution in [-0.4, -0.2) is 0 Å². The van der Waals surface area contributed by atoms with Crippen LogP contribution in [-0.2, 0) is 0 Å². The number of anilines is 6. The molecule has 0 aliphatic carbocycles. The molecule has 0 amide bonds. The molecule has 6 aromatic rings. The van der Waals surface area contributed by atoms with Crippen molar-refractivity contribution in [1.82, 2.24) is 0 Å². The fraction of sp³-hybridized carbons (Fsp3) is 0. The normalized spacial score (nSPS) is 11.9. The monoisotopic (exact) mass is 518 g/mol. The highest BCUT2D eigenvalue weighted by Crippen LogP contribution is 2.53. The molecule has 0 radical (unpaired) electrons. The van der Waals surface area contributed by atoms with E-state index in [1.807, 2.05) is 11.8 Å². The molecule has 2 nitrogen and oxygen atoms in total. The number of para-hydroxylation sites is 3. The van der Waals surface area contributed by atoms with Crippen molar-refractivity contribution in [1.29, 1.82) is 0 Å². The first-order chi connectivity index (χ1) is 19.3. The molecular weight excluding hydrogens is 492 g/mol. The van der Waals surface area contributed by atoms with Gasteiger partial charge >= 0.3 is 0 Å². The van der Waals surface area contributed by atoms with Gasteiger partial charge in [-0.15, -0.1) is 0 Å². The van der Waals surface area contributed by atoms with Crippen LogP contribution < -0.4 is 9.80 Å². The lowest BCUT2D eigenvalue weighted by molar-refractivity contribution is 1.16. The lowest BCUT2D eigenvalue weighted by Gasteiger charge is -2.34. The Morgan fingerprint density at radius 1 is 0.410 bits per heavy atom. The minimum Gasteiger partial charge on any atom is -0.310 e. The third-order valence-electron chi connectivity index (χ3n) is 7.01. The SMILES string of the molecule is c1ccc(-c2cccc(N3c4ccccc4Sc4cc(N(c5ccccc5)c5ccccc5)ccc43)c2)cc1. The van der Waals surface area contributed by atoms with Crippen LogP contribution in [0.5, 0.6) is 0 Å². The summed E-state index contributed by atoms with van der Waals surface area (Å²) in [5.41, 5.74) is 9.38. The minimum atomic E-state index is 1.14. The molecule has 6 aromatic carbocycles. The summed E-state index contributed by atoms with van der Waals surface area (Å²) in [6.07, 6.45) is 0. The average Bonchev–Trinajstić information content (AvgIpc) is 3.01. The predicted octanol–water partition coefficient (Wildman–Crippen LogP) is 10.8. The summed E-state index contributed by atoms with van der Waals surface area (Å²) in [7, 11) is 0. The van der Waals surface area contributed by atoms with E-state index in [0.29, 0.717) is 0 Å². The smallest absolute Gasteiger partial charge is 0.0603 e. The fourth-order valence-corrected chi connectivity index (χ4v) is 6.31. The van der Waals surface area contributed by atoms with Crippen molar-refractivity contribution in [3.05, 3.63) is 158 Å². The maximum Gasteiger partial charge on any atom is 0.0603 e. The topological polar surface area (TPSA) is 6.48 Å². The number of rotatable bonds is 5. The van der Waals surface area contributed by atoms with Gasteiger partial charge in [-0.05, 0) is 77.9 Å². The summed E-state index contributed by atoms with van der Waals surface area (Å²) in [5, 5.41) is 0. The first-order valence-corrected chi connectivity index (χ1v) is 13.9. The van der Waals surface area contributed by atoms with Crippen LogP contribution in [0, 0.1) is 0 Å². The highest BCUT2D eigenvalue weighted by Gasteiger charge is 2.26. The van der Waals surface area contributed by atoms with E-state index in [9.17, 15) is 0 Å². The Morgan fingerprint density at radius 3 is 1.72 bits per heavy atom. The lowest BCUT2D eigenvalue weighted by Crippen LogP contribution is -2.16. The zero-order chi connectivity index (χ0) is 26.0. The van der Waals surface area contributed by atoms with Crippen LogP contribution in [0.4, 0.5) is 34.1 Å². The van der Waals surface area contributed by atoms with Crippen LogP contribution in [0.3, 0.4) is 0 Å². The lowest BCUT2D eigenvalue weighted by atomic mass is 10.0. The molecule has 1 aliphatic heterocycles. The second kappa shape index (κ2) is 10.2. The molecule has 0 bridgehead atoms. The van der Waals surface area contributed by atoms with Crippen molar-refractivity contribution in [3.8, 4) is 11.1 Å². The largest absolute Gasteiger partial charge is 0.310 e. The van der Waals surface area contributed by atoms with Gasteiger partial charge in [0.15, 0.2) is 0 Å². The van der Waals surface area contributed by atoms with Crippen molar-refractivity contribution >= 4 is 45.9 Å². The summed E-state index contributed by atoms with van der Waals surface area (Å²) < 4.78 is 0. The van der Waals surface area contributed by atoms with Crippen LogP contribution in [0.1, 0.15) is 0 Å². The third-order valence-corrected chi connectivity index (χ3v) is 8.12. The van der Waals surface area contributed by atoms with Gasteiger partial charge in [-0.25, -0.2) is 0 Å². The number of benzene rings is 6. The van der Waals surface area contributed by atoms with Gasteiger partial charge < -0.3 is 9.80 Å². The van der Waals surface area contributed by atoms with Gasteiger partial charge in [0.05, 0.1) is 11.4 Å². The van der Waals surface area contributed by atoms with Gasteiger partial charge in [-0.3, -0.25) is 0 Å². The highest BCUT2D eigenvalue weighted by atomic mass is 32.2. The Hall–Kier alpha value is -4.73. The quantitative estimate of drug-likeness (QED) is 0.224. The molecule has 0 N–H and O–H groups in total. The summed E-state index contributed by atoms with van der Waals surface area (Å²) in [5.74, 6) is 0. The van der Waals surface area contributed by atoms with Crippen molar-refractivity contribution in [2.24, 2.45) is 0 Å². The fourth-order valence-electron chi connectivity index (χ4n) is 5.22. The van der Waals surface area contributed by atoms with E-state index in [1.165, 1.54) is 32.3 Å². The maximum absolute atomic E-state index is 2.40. The zero-order valence-electron chi connectivity index (χ0n) is 21.3. The number of hydrogen-bond acceptors (Lipinski definition) is 3. The Kier molecular flexibility index (Phi) is 6.12.